The maximum atomic E-state index is 10.7. The van der Waals surface area contributed by atoms with E-state index in [1.165, 1.54) is 6.42 Å². The number of morpholine rings is 1. The summed E-state index contributed by atoms with van der Waals surface area (Å²) in [5.41, 5.74) is 0.458. The molecule has 1 N–H and O–H groups in total. The summed E-state index contributed by atoms with van der Waals surface area (Å²) in [5, 5.41) is 10.7. The minimum Gasteiger partial charge on any atom is -0.389 e. The van der Waals surface area contributed by atoms with Crippen LogP contribution in [-0.4, -0.2) is 51.8 Å². The van der Waals surface area contributed by atoms with E-state index in [2.05, 4.69) is 14.9 Å². The van der Waals surface area contributed by atoms with Crippen LogP contribution in [0.5, 0.6) is 0 Å². The first-order valence-corrected chi connectivity index (χ1v) is 8.01. The van der Waals surface area contributed by atoms with E-state index in [1.807, 2.05) is 13.0 Å². The summed E-state index contributed by atoms with van der Waals surface area (Å²) >= 11 is 0. The van der Waals surface area contributed by atoms with Crippen LogP contribution in [0.4, 0.5) is 0 Å². The second-order valence-electron chi connectivity index (χ2n) is 6.44. The molecule has 1 saturated carbocycles. The third-order valence-corrected chi connectivity index (χ3v) is 4.55. The summed E-state index contributed by atoms with van der Waals surface area (Å²) in [6.07, 6.45) is 7.10. The summed E-state index contributed by atoms with van der Waals surface area (Å²) in [5.74, 6) is 0.760. The van der Waals surface area contributed by atoms with Gasteiger partial charge in [-0.1, -0.05) is 19.3 Å². The fourth-order valence-electron chi connectivity index (χ4n) is 3.41. The third kappa shape index (κ3) is 3.78. The van der Waals surface area contributed by atoms with Gasteiger partial charge in [0.25, 0.3) is 0 Å². The SMILES string of the molecule is Cc1ccnc([C@H]2CN(CC3(O)CCCCC3)CCO2)n1. The van der Waals surface area contributed by atoms with E-state index in [-0.39, 0.29) is 6.10 Å². The molecule has 21 heavy (non-hydrogen) atoms. The molecule has 0 unspecified atom stereocenters. The molecule has 2 fully saturated rings. The molecule has 116 valence electrons. The van der Waals surface area contributed by atoms with Crippen molar-refractivity contribution in [2.45, 2.75) is 50.7 Å². The van der Waals surface area contributed by atoms with Crippen molar-refractivity contribution in [3.05, 3.63) is 23.8 Å². The molecular formula is C16H25N3O2. The molecule has 5 nitrogen and oxygen atoms in total. The molecule has 1 atom stereocenters. The standard InChI is InChI=1S/C16H25N3O2/c1-13-5-8-17-15(18-13)14-11-19(9-10-21-14)12-16(20)6-3-2-4-7-16/h5,8,14,20H,2-4,6-7,9-12H2,1H3/t14-/m1/s1. The van der Waals surface area contributed by atoms with Crippen molar-refractivity contribution >= 4 is 0 Å². The van der Waals surface area contributed by atoms with E-state index in [9.17, 15) is 5.11 Å². The van der Waals surface area contributed by atoms with Gasteiger partial charge < -0.3 is 9.84 Å². The molecule has 0 aromatic carbocycles. The molecule has 0 radical (unpaired) electrons. The molecule has 2 heterocycles. The molecule has 3 rings (SSSR count). The number of hydrogen-bond donors (Lipinski definition) is 1. The van der Waals surface area contributed by atoms with E-state index >= 15 is 0 Å². The van der Waals surface area contributed by atoms with Crippen LogP contribution in [0.25, 0.3) is 0 Å². The van der Waals surface area contributed by atoms with E-state index in [4.69, 9.17) is 4.74 Å². The summed E-state index contributed by atoms with van der Waals surface area (Å²) in [4.78, 5) is 11.1. The van der Waals surface area contributed by atoms with Gasteiger partial charge in [0.1, 0.15) is 6.10 Å². The van der Waals surface area contributed by atoms with Crippen LogP contribution in [-0.2, 0) is 4.74 Å². The fraction of sp³-hybridized carbons (Fsp3) is 0.750. The lowest BCUT2D eigenvalue weighted by atomic mass is 9.84. The second-order valence-corrected chi connectivity index (χ2v) is 6.44. The summed E-state index contributed by atoms with van der Waals surface area (Å²) in [6, 6.07) is 1.90. The first-order chi connectivity index (χ1) is 10.1. The van der Waals surface area contributed by atoms with E-state index in [0.717, 1.165) is 56.8 Å². The van der Waals surface area contributed by atoms with Gasteiger partial charge in [-0.2, -0.15) is 0 Å². The largest absolute Gasteiger partial charge is 0.389 e. The van der Waals surface area contributed by atoms with Crippen molar-refractivity contribution in [2.24, 2.45) is 0 Å². The second kappa shape index (κ2) is 6.38. The third-order valence-electron chi connectivity index (χ3n) is 4.55. The van der Waals surface area contributed by atoms with E-state index in [0.29, 0.717) is 6.61 Å². The van der Waals surface area contributed by atoms with Crippen molar-refractivity contribution in [1.82, 2.24) is 14.9 Å². The lowest BCUT2D eigenvalue weighted by Crippen LogP contribution is -2.49. The van der Waals surface area contributed by atoms with Crippen molar-refractivity contribution in [1.29, 1.82) is 0 Å². The summed E-state index contributed by atoms with van der Waals surface area (Å²) < 4.78 is 5.82. The minimum absolute atomic E-state index is 0.0779. The molecule has 1 saturated heterocycles. The zero-order chi connectivity index (χ0) is 14.7. The van der Waals surface area contributed by atoms with Crippen molar-refractivity contribution in [3.8, 4) is 0 Å². The molecule has 1 aliphatic carbocycles. The average Bonchev–Trinajstić information content (AvgIpc) is 2.48. The first-order valence-electron chi connectivity index (χ1n) is 8.01. The molecule has 1 aromatic heterocycles. The molecule has 5 heteroatoms. The minimum atomic E-state index is -0.506. The Morgan fingerprint density at radius 3 is 2.95 bits per heavy atom. The normalized spacial score (nSPS) is 26.7. The van der Waals surface area contributed by atoms with Gasteiger partial charge in [-0.25, -0.2) is 9.97 Å². The monoisotopic (exact) mass is 291 g/mol. The van der Waals surface area contributed by atoms with Crippen LogP contribution in [0, 0.1) is 6.92 Å². The molecular weight excluding hydrogens is 266 g/mol. The number of aliphatic hydroxyl groups is 1. The molecule has 1 aliphatic heterocycles. The highest BCUT2D eigenvalue weighted by Gasteiger charge is 2.34. The number of ether oxygens (including phenoxy) is 1. The van der Waals surface area contributed by atoms with Crippen LogP contribution in [0.1, 0.15) is 49.7 Å². The number of hydrogen-bond acceptors (Lipinski definition) is 5. The van der Waals surface area contributed by atoms with Crippen LogP contribution in [0.2, 0.25) is 0 Å². The topological polar surface area (TPSA) is 58.5 Å². The lowest BCUT2D eigenvalue weighted by Gasteiger charge is -2.40. The van der Waals surface area contributed by atoms with Gasteiger partial charge >= 0.3 is 0 Å². The Hall–Kier alpha value is -1.04. The molecule has 2 aliphatic rings. The quantitative estimate of drug-likeness (QED) is 0.921. The van der Waals surface area contributed by atoms with Gasteiger partial charge in [-0.3, -0.25) is 4.90 Å². The summed E-state index contributed by atoms with van der Waals surface area (Å²) in [6.45, 7) is 5.05. The number of aryl methyl sites for hydroxylation is 1. The van der Waals surface area contributed by atoms with Crippen molar-refractivity contribution < 1.29 is 9.84 Å². The Morgan fingerprint density at radius 2 is 2.19 bits per heavy atom. The average molecular weight is 291 g/mol. The number of nitrogens with zero attached hydrogens (tertiary/aromatic N) is 3. The predicted octanol–water partition coefficient (Wildman–Crippen LogP) is 1.85. The van der Waals surface area contributed by atoms with Crippen LogP contribution < -0.4 is 0 Å². The molecule has 1 aromatic rings. The van der Waals surface area contributed by atoms with Crippen LogP contribution in [0.15, 0.2) is 12.3 Å². The maximum Gasteiger partial charge on any atom is 0.158 e. The molecule has 0 amide bonds. The summed E-state index contributed by atoms with van der Waals surface area (Å²) in [7, 11) is 0. The smallest absolute Gasteiger partial charge is 0.158 e. The zero-order valence-electron chi connectivity index (χ0n) is 12.8. The highest BCUT2D eigenvalue weighted by Crippen LogP contribution is 2.30. The predicted molar refractivity (Wildman–Crippen MR) is 79.9 cm³/mol. The number of rotatable bonds is 3. The van der Waals surface area contributed by atoms with Crippen molar-refractivity contribution in [2.75, 3.05) is 26.2 Å². The molecule has 0 bridgehead atoms. The number of β-amino-alcohol motifs (C(OH)–C–C–N with tert-alkyl or cyclic N) is 1. The van der Waals surface area contributed by atoms with Crippen molar-refractivity contribution in [3.63, 3.8) is 0 Å². The Labute approximate surface area is 126 Å². The van der Waals surface area contributed by atoms with Crippen LogP contribution in [0.3, 0.4) is 0 Å². The molecule has 0 spiro atoms. The Bertz CT molecular complexity index is 474. The van der Waals surface area contributed by atoms with Gasteiger partial charge in [0, 0.05) is 31.5 Å². The van der Waals surface area contributed by atoms with Crippen LogP contribution >= 0.6 is 0 Å². The van der Waals surface area contributed by atoms with Gasteiger partial charge in [-0.15, -0.1) is 0 Å². The zero-order valence-corrected chi connectivity index (χ0v) is 12.8. The Balaban J connectivity index is 1.63. The van der Waals surface area contributed by atoms with Gasteiger partial charge in [0.15, 0.2) is 5.82 Å². The van der Waals surface area contributed by atoms with E-state index in [1.54, 1.807) is 6.20 Å². The highest BCUT2D eigenvalue weighted by molar-refractivity contribution is 5.03. The first kappa shape index (κ1) is 14.9. The number of aromatic nitrogens is 2. The maximum absolute atomic E-state index is 10.7. The van der Waals surface area contributed by atoms with Gasteiger partial charge in [-0.05, 0) is 25.8 Å². The van der Waals surface area contributed by atoms with E-state index < -0.39 is 5.60 Å². The Morgan fingerprint density at radius 1 is 1.38 bits per heavy atom. The van der Waals surface area contributed by atoms with Gasteiger partial charge in [0.05, 0.1) is 12.2 Å². The fourth-order valence-corrected chi connectivity index (χ4v) is 3.41. The Kier molecular flexibility index (Phi) is 4.52. The van der Waals surface area contributed by atoms with Gasteiger partial charge in [0.2, 0.25) is 0 Å². The highest BCUT2D eigenvalue weighted by atomic mass is 16.5. The lowest BCUT2D eigenvalue weighted by molar-refractivity contribution is -0.0788.